The number of rotatable bonds is 3. The average molecular weight is 232 g/mol. The molecule has 1 aliphatic rings. The van der Waals surface area contributed by atoms with Crippen LogP contribution in [0.25, 0.3) is 11.1 Å². The van der Waals surface area contributed by atoms with Gasteiger partial charge in [-0.25, -0.2) is 4.98 Å². The molecule has 1 fully saturated rings. The van der Waals surface area contributed by atoms with E-state index in [2.05, 4.69) is 10.3 Å². The van der Waals surface area contributed by atoms with E-state index in [4.69, 9.17) is 9.15 Å². The molecule has 90 valence electrons. The van der Waals surface area contributed by atoms with Gasteiger partial charge in [0.25, 0.3) is 0 Å². The monoisotopic (exact) mass is 232 g/mol. The van der Waals surface area contributed by atoms with Crippen molar-refractivity contribution in [3.8, 4) is 5.75 Å². The summed E-state index contributed by atoms with van der Waals surface area (Å²) < 4.78 is 11.0. The van der Waals surface area contributed by atoms with Crippen molar-refractivity contribution >= 4 is 11.1 Å². The fourth-order valence-corrected chi connectivity index (χ4v) is 2.19. The number of piperidine rings is 1. The molecular weight excluding hydrogens is 216 g/mol. The predicted octanol–water partition coefficient (Wildman–Crippen LogP) is 2.21. The van der Waals surface area contributed by atoms with Crippen molar-refractivity contribution in [2.24, 2.45) is 5.92 Å². The van der Waals surface area contributed by atoms with E-state index in [1.54, 1.807) is 0 Å². The fourth-order valence-electron chi connectivity index (χ4n) is 2.19. The first-order valence-corrected chi connectivity index (χ1v) is 6.08. The first-order chi connectivity index (χ1) is 8.42. The van der Waals surface area contributed by atoms with E-state index >= 15 is 0 Å². The zero-order valence-corrected chi connectivity index (χ0v) is 9.69. The molecule has 1 aromatic carbocycles. The van der Waals surface area contributed by atoms with Crippen molar-refractivity contribution in [2.45, 2.75) is 12.8 Å². The molecule has 2 heterocycles. The molecule has 1 aliphatic heterocycles. The highest BCUT2D eigenvalue weighted by atomic mass is 16.5. The van der Waals surface area contributed by atoms with Crippen LogP contribution in [0.15, 0.2) is 29.0 Å². The summed E-state index contributed by atoms with van der Waals surface area (Å²) in [5.41, 5.74) is 1.66. The van der Waals surface area contributed by atoms with Crippen LogP contribution in [0, 0.1) is 5.92 Å². The van der Waals surface area contributed by atoms with Crippen LogP contribution in [0.3, 0.4) is 0 Å². The molecule has 0 spiro atoms. The van der Waals surface area contributed by atoms with E-state index in [0.29, 0.717) is 5.92 Å². The Kier molecular flexibility index (Phi) is 2.96. The van der Waals surface area contributed by atoms with Gasteiger partial charge in [-0.1, -0.05) is 0 Å². The summed E-state index contributed by atoms with van der Waals surface area (Å²) in [6.45, 7) is 3.01. The Morgan fingerprint density at radius 1 is 1.35 bits per heavy atom. The molecule has 1 N–H and O–H groups in total. The van der Waals surface area contributed by atoms with Gasteiger partial charge in [-0.05, 0) is 44.0 Å². The third kappa shape index (κ3) is 2.42. The van der Waals surface area contributed by atoms with Gasteiger partial charge in [-0.2, -0.15) is 0 Å². The number of aromatic nitrogens is 1. The molecule has 0 bridgehead atoms. The Balaban J connectivity index is 1.63. The number of nitrogens with one attached hydrogen (secondary N) is 1. The van der Waals surface area contributed by atoms with Gasteiger partial charge >= 0.3 is 0 Å². The molecule has 1 saturated heterocycles. The van der Waals surface area contributed by atoms with Crippen molar-refractivity contribution in [1.82, 2.24) is 10.3 Å². The number of ether oxygens (including phenoxy) is 1. The Morgan fingerprint density at radius 2 is 2.24 bits per heavy atom. The van der Waals surface area contributed by atoms with Crippen molar-refractivity contribution < 1.29 is 9.15 Å². The van der Waals surface area contributed by atoms with Crippen LogP contribution in [0.1, 0.15) is 12.8 Å². The lowest BCUT2D eigenvalue weighted by atomic mass is 9.99. The Hall–Kier alpha value is -1.55. The Labute approximate surface area is 100.0 Å². The molecule has 4 heteroatoms. The van der Waals surface area contributed by atoms with Crippen LogP contribution in [0.2, 0.25) is 0 Å². The minimum atomic E-state index is 0.671. The molecule has 0 saturated carbocycles. The Bertz CT molecular complexity index is 489. The lowest BCUT2D eigenvalue weighted by Gasteiger charge is -2.22. The van der Waals surface area contributed by atoms with E-state index in [0.717, 1.165) is 36.5 Å². The average Bonchev–Trinajstić information content (AvgIpc) is 2.85. The van der Waals surface area contributed by atoms with Gasteiger partial charge in [-0.3, -0.25) is 0 Å². The number of hydrogen-bond donors (Lipinski definition) is 1. The molecule has 17 heavy (non-hydrogen) atoms. The largest absolute Gasteiger partial charge is 0.493 e. The van der Waals surface area contributed by atoms with Gasteiger partial charge < -0.3 is 14.5 Å². The van der Waals surface area contributed by atoms with E-state index in [-0.39, 0.29) is 0 Å². The maximum absolute atomic E-state index is 5.81. The van der Waals surface area contributed by atoms with Crippen molar-refractivity contribution in [1.29, 1.82) is 0 Å². The zero-order chi connectivity index (χ0) is 11.5. The minimum Gasteiger partial charge on any atom is -0.493 e. The van der Waals surface area contributed by atoms with Crippen molar-refractivity contribution in [2.75, 3.05) is 19.7 Å². The lowest BCUT2D eigenvalue weighted by Crippen LogP contribution is -2.30. The first-order valence-electron chi connectivity index (χ1n) is 6.08. The summed E-state index contributed by atoms with van der Waals surface area (Å²) >= 11 is 0. The van der Waals surface area contributed by atoms with Gasteiger partial charge in [0.05, 0.1) is 6.61 Å². The third-order valence-electron chi connectivity index (χ3n) is 3.25. The number of fused-ring (bicyclic) bond motifs is 1. The highest BCUT2D eigenvalue weighted by molar-refractivity contribution is 5.73. The quantitative estimate of drug-likeness (QED) is 0.881. The minimum absolute atomic E-state index is 0.671. The van der Waals surface area contributed by atoms with Crippen molar-refractivity contribution in [3.05, 3.63) is 24.6 Å². The van der Waals surface area contributed by atoms with E-state index in [9.17, 15) is 0 Å². The molecule has 0 unspecified atom stereocenters. The second kappa shape index (κ2) is 4.75. The predicted molar refractivity (Wildman–Crippen MR) is 65.1 cm³/mol. The van der Waals surface area contributed by atoms with Crippen LogP contribution in [0.4, 0.5) is 0 Å². The molecule has 0 radical (unpaired) electrons. The van der Waals surface area contributed by atoms with Crippen LogP contribution in [-0.4, -0.2) is 24.7 Å². The van der Waals surface area contributed by atoms with E-state index in [1.807, 2.05) is 18.2 Å². The Morgan fingerprint density at radius 3 is 3.12 bits per heavy atom. The molecule has 1 aromatic heterocycles. The standard InChI is InChI=1S/C13H16N2O2/c1-2-13-12(15-9-17-13)7-11(1)16-8-10-3-5-14-6-4-10/h1-2,7,9-10,14H,3-6,8H2. The lowest BCUT2D eigenvalue weighted by molar-refractivity contribution is 0.215. The van der Waals surface area contributed by atoms with Crippen LogP contribution in [-0.2, 0) is 0 Å². The normalized spacial score (nSPS) is 17.4. The SMILES string of the molecule is c1nc2cc(OCC3CCNCC3)ccc2o1. The van der Waals surface area contributed by atoms with Gasteiger partial charge in [-0.15, -0.1) is 0 Å². The molecule has 2 aromatic rings. The summed E-state index contributed by atoms with van der Waals surface area (Å²) in [5.74, 6) is 1.55. The number of benzene rings is 1. The molecule has 3 rings (SSSR count). The molecule has 0 aliphatic carbocycles. The maximum atomic E-state index is 5.81. The smallest absolute Gasteiger partial charge is 0.181 e. The second-order valence-corrected chi connectivity index (χ2v) is 4.49. The summed E-state index contributed by atoms with van der Waals surface area (Å²) in [4.78, 5) is 4.12. The van der Waals surface area contributed by atoms with Crippen molar-refractivity contribution in [3.63, 3.8) is 0 Å². The molecule has 4 nitrogen and oxygen atoms in total. The van der Waals surface area contributed by atoms with Gasteiger partial charge in [0.15, 0.2) is 12.0 Å². The highest BCUT2D eigenvalue weighted by Gasteiger charge is 2.13. The third-order valence-corrected chi connectivity index (χ3v) is 3.25. The number of oxazole rings is 1. The summed E-state index contributed by atoms with van der Waals surface area (Å²) in [7, 11) is 0. The summed E-state index contributed by atoms with van der Waals surface area (Å²) in [6, 6.07) is 5.77. The number of hydrogen-bond acceptors (Lipinski definition) is 4. The molecular formula is C13H16N2O2. The van der Waals surface area contributed by atoms with E-state index < -0.39 is 0 Å². The summed E-state index contributed by atoms with van der Waals surface area (Å²) in [6.07, 6.45) is 3.86. The first kappa shape index (κ1) is 10.6. The zero-order valence-electron chi connectivity index (χ0n) is 9.69. The van der Waals surface area contributed by atoms with Gasteiger partial charge in [0.2, 0.25) is 0 Å². The van der Waals surface area contributed by atoms with Crippen LogP contribution < -0.4 is 10.1 Å². The van der Waals surface area contributed by atoms with Crippen LogP contribution >= 0.6 is 0 Å². The number of nitrogens with zero attached hydrogens (tertiary/aromatic N) is 1. The fraction of sp³-hybridized carbons (Fsp3) is 0.462. The topological polar surface area (TPSA) is 47.3 Å². The highest BCUT2D eigenvalue weighted by Crippen LogP contribution is 2.21. The van der Waals surface area contributed by atoms with Gasteiger partial charge in [0, 0.05) is 6.07 Å². The van der Waals surface area contributed by atoms with E-state index in [1.165, 1.54) is 19.2 Å². The van der Waals surface area contributed by atoms with Crippen LogP contribution in [0.5, 0.6) is 5.75 Å². The molecule has 0 atom stereocenters. The summed E-state index contributed by atoms with van der Waals surface area (Å²) in [5, 5.41) is 3.36. The second-order valence-electron chi connectivity index (χ2n) is 4.49. The molecule has 0 amide bonds. The van der Waals surface area contributed by atoms with Gasteiger partial charge in [0.1, 0.15) is 11.3 Å². The maximum Gasteiger partial charge on any atom is 0.181 e.